The lowest BCUT2D eigenvalue weighted by atomic mass is 9.64. The van der Waals surface area contributed by atoms with Gasteiger partial charge in [0.2, 0.25) is 0 Å². The smallest absolute Gasteiger partial charge is 0.0669 e. The van der Waals surface area contributed by atoms with Crippen molar-refractivity contribution in [2.45, 2.75) is 52.3 Å². The Morgan fingerprint density at radius 3 is 2.20 bits per heavy atom. The van der Waals surface area contributed by atoms with Crippen LogP contribution in [-0.2, 0) is 0 Å². The van der Waals surface area contributed by atoms with E-state index in [1.807, 2.05) is 0 Å². The van der Waals surface area contributed by atoms with Gasteiger partial charge in [0, 0.05) is 0 Å². The van der Waals surface area contributed by atoms with Crippen molar-refractivity contribution in [2.24, 2.45) is 5.92 Å². The second-order valence-corrected chi connectivity index (χ2v) is 4.24. The van der Waals surface area contributed by atoms with Crippen LogP contribution < -0.4 is 0 Å². The summed E-state index contributed by atoms with van der Waals surface area (Å²) in [5.41, 5.74) is 0. The van der Waals surface area contributed by atoms with E-state index in [2.05, 4.69) is 35.5 Å². The molecule has 0 spiro atoms. The highest BCUT2D eigenvalue weighted by Crippen LogP contribution is 2.33. The maximum absolute atomic E-state index is 2.36. The third-order valence-corrected chi connectivity index (χ3v) is 2.56. The van der Waals surface area contributed by atoms with Crippen molar-refractivity contribution in [2.75, 3.05) is 0 Å². The maximum atomic E-state index is 2.36. The van der Waals surface area contributed by atoms with E-state index < -0.39 is 0 Å². The molecule has 0 heterocycles. The van der Waals surface area contributed by atoms with Gasteiger partial charge in [0.15, 0.2) is 0 Å². The predicted octanol–water partition coefficient (Wildman–Crippen LogP) is 2.64. The van der Waals surface area contributed by atoms with Crippen LogP contribution in [0.2, 0.25) is 5.31 Å². The van der Waals surface area contributed by atoms with Crippen molar-refractivity contribution < 1.29 is 0 Å². The molecule has 0 nitrogen and oxygen atoms in total. The van der Waals surface area contributed by atoms with Gasteiger partial charge in [-0.15, -0.1) is 0 Å². The van der Waals surface area contributed by atoms with Crippen LogP contribution in [0.15, 0.2) is 0 Å². The standard InChI is InChI=1S/C9H21B/c1-5-8(3)7-9(4,10)6-2/h8H,5-7,10H2,1-4H3/t8-,9?/m1/s1. The molecule has 0 aliphatic heterocycles. The molecule has 10 heavy (non-hydrogen) atoms. The lowest BCUT2D eigenvalue weighted by molar-refractivity contribution is 0.414. The second-order valence-electron chi connectivity index (χ2n) is 4.24. The first kappa shape index (κ1) is 10.1. The lowest BCUT2D eigenvalue weighted by Crippen LogP contribution is -2.10. The lowest BCUT2D eigenvalue weighted by Gasteiger charge is -2.25. The van der Waals surface area contributed by atoms with Crippen LogP contribution in [0, 0.1) is 5.92 Å². The van der Waals surface area contributed by atoms with Crippen LogP contribution in [0.1, 0.15) is 47.0 Å². The molecule has 0 N–H and O–H groups in total. The van der Waals surface area contributed by atoms with E-state index in [0.717, 1.165) is 5.92 Å². The molecule has 0 rings (SSSR count). The van der Waals surface area contributed by atoms with Crippen molar-refractivity contribution in [1.82, 2.24) is 0 Å². The first-order valence-electron chi connectivity index (χ1n) is 4.52. The van der Waals surface area contributed by atoms with E-state index in [9.17, 15) is 0 Å². The monoisotopic (exact) mass is 140 g/mol. The molecule has 0 fully saturated rings. The molecule has 60 valence electrons. The minimum absolute atomic E-state index is 0.565. The highest BCUT2D eigenvalue weighted by molar-refractivity contribution is 6.14. The zero-order valence-corrected chi connectivity index (χ0v) is 8.20. The molecule has 0 aliphatic carbocycles. The van der Waals surface area contributed by atoms with Crippen molar-refractivity contribution in [3.63, 3.8) is 0 Å². The second kappa shape index (κ2) is 4.05. The van der Waals surface area contributed by atoms with Crippen LogP contribution in [0.25, 0.3) is 0 Å². The number of rotatable bonds is 4. The molecule has 1 unspecified atom stereocenters. The Morgan fingerprint density at radius 2 is 1.90 bits per heavy atom. The van der Waals surface area contributed by atoms with Gasteiger partial charge in [-0.25, -0.2) is 0 Å². The van der Waals surface area contributed by atoms with Crippen LogP contribution in [0.3, 0.4) is 0 Å². The Morgan fingerprint density at radius 1 is 1.40 bits per heavy atom. The van der Waals surface area contributed by atoms with Gasteiger partial charge in [0.1, 0.15) is 7.85 Å². The minimum atomic E-state index is 0.565. The molecule has 0 saturated carbocycles. The molecule has 0 aromatic heterocycles. The molecule has 0 aromatic rings. The third-order valence-electron chi connectivity index (χ3n) is 2.56. The molecule has 0 radical (unpaired) electrons. The molecule has 0 amide bonds. The molecule has 1 heteroatoms. The Hall–Kier alpha value is 0.0649. The minimum Gasteiger partial charge on any atom is -0.0669 e. The molecule has 0 aromatic carbocycles. The Labute approximate surface area is 66.8 Å². The third kappa shape index (κ3) is 3.97. The first-order valence-corrected chi connectivity index (χ1v) is 4.52. The Balaban J connectivity index is 3.64. The summed E-state index contributed by atoms with van der Waals surface area (Å²) in [5.74, 6) is 0.898. The van der Waals surface area contributed by atoms with E-state index in [1.165, 1.54) is 19.3 Å². The van der Waals surface area contributed by atoms with Gasteiger partial charge < -0.3 is 0 Å². The fourth-order valence-corrected chi connectivity index (χ4v) is 1.23. The van der Waals surface area contributed by atoms with Gasteiger partial charge in [-0.1, -0.05) is 52.3 Å². The largest absolute Gasteiger partial charge is 0.109 e. The van der Waals surface area contributed by atoms with E-state index >= 15 is 0 Å². The summed E-state index contributed by atoms with van der Waals surface area (Å²) in [5, 5.41) is 0.565. The Bertz CT molecular complexity index is 86.7. The molecular weight excluding hydrogens is 119 g/mol. The molecule has 0 aliphatic rings. The quantitative estimate of drug-likeness (QED) is 0.526. The molecule has 0 bridgehead atoms. The highest BCUT2D eigenvalue weighted by atomic mass is 14.2. The van der Waals surface area contributed by atoms with Gasteiger partial charge in [-0.05, 0) is 5.92 Å². The van der Waals surface area contributed by atoms with Crippen molar-refractivity contribution >= 4 is 7.85 Å². The normalized spacial score (nSPS) is 20.0. The van der Waals surface area contributed by atoms with Gasteiger partial charge in [-0.3, -0.25) is 0 Å². The van der Waals surface area contributed by atoms with Crippen LogP contribution in [0.5, 0.6) is 0 Å². The van der Waals surface area contributed by atoms with Gasteiger partial charge in [0.05, 0.1) is 0 Å². The first-order chi connectivity index (χ1) is 4.52. The maximum Gasteiger partial charge on any atom is 0.109 e. The molecule has 0 saturated heterocycles. The fraction of sp³-hybridized carbons (Fsp3) is 1.00. The average molecular weight is 140 g/mol. The summed E-state index contributed by atoms with van der Waals surface area (Å²) in [7, 11) is 2.36. The summed E-state index contributed by atoms with van der Waals surface area (Å²) < 4.78 is 0. The van der Waals surface area contributed by atoms with E-state index in [0.29, 0.717) is 5.31 Å². The SMILES string of the molecule is BC(C)(CC)C[C@H](C)CC. The topological polar surface area (TPSA) is 0 Å². The zero-order valence-electron chi connectivity index (χ0n) is 8.20. The van der Waals surface area contributed by atoms with Crippen molar-refractivity contribution in [3.8, 4) is 0 Å². The summed E-state index contributed by atoms with van der Waals surface area (Å²) in [6.07, 6.45) is 4.00. The molecular formula is C9H21B. The molecule has 2 atom stereocenters. The Kier molecular flexibility index (Phi) is 4.08. The zero-order chi connectivity index (χ0) is 8.20. The summed E-state index contributed by atoms with van der Waals surface area (Å²) in [4.78, 5) is 0. The van der Waals surface area contributed by atoms with E-state index in [1.54, 1.807) is 0 Å². The van der Waals surface area contributed by atoms with Crippen LogP contribution in [0.4, 0.5) is 0 Å². The van der Waals surface area contributed by atoms with Crippen LogP contribution >= 0.6 is 0 Å². The van der Waals surface area contributed by atoms with Gasteiger partial charge in [-0.2, -0.15) is 0 Å². The van der Waals surface area contributed by atoms with Crippen LogP contribution in [-0.4, -0.2) is 7.85 Å². The predicted molar refractivity (Wildman–Crippen MR) is 51.3 cm³/mol. The van der Waals surface area contributed by atoms with E-state index in [4.69, 9.17) is 0 Å². The van der Waals surface area contributed by atoms with Crippen molar-refractivity contribution in [3.05, 3.63) is 0 Å². The number of hydrogen-bond donors (Lipinski definition) is 0. The summed E-state index contributed by atoms with van der Waals surface area (Å²) >= 11 is 0. The van der Waals surface area contributed by atoms with Crippen molar-refractivity contribution in [1.29, 1.82) is 0 Å². The van der Waals surface area contributed by atoms with Gasteiger partial charge in [0.25, 0.3) is 0 Å². The average Bonchev–Trinajstić information content (AvgIpc) is 1.87. The summed E-state index contributed by atoms with van der Waals surface area (Å²) in [6, 6.07) is 0. The van der Waals surface area contributed by atoms with Gasteiger partial charge >= 0.3 is 0 Å². The van der Waals surface area contributed by atoms with E-state index in [-0.39, 0.29) is 0 Å². The highest BCUT2D eigenvalue weighted by Gasteiger charge is 2.17. The number of hydrogen-bond acceptors (Lipinski definition) is 0. The summed E-state index contributed by atoms with van der Waals surface area (Å²) in [6.45, 7) is 9.26. The fourth-order valence-electron chi connectivity index (χ4n) is 1.23.